The van der Waals surface area contributed by atoms with Crippen LogP contribution < -0.4 is 14.2 Å². The van der Waals surface area contributed by atoms with E-state index in [1.807, 2.05) is 0 Å². The van der Waals surface area contributed by atoms with Crippen LogP contribution in [0.3, 0.4) is 0 Å². The molecule has 2 aromatic rings. The van der Waals surface area contributed by atoms with Crippen LogP contribution in [-0.2, 0) is 41.3 Å². The topological polar surface area (TPSA) is 161 Å². The number of anilines is 1. The van der Waals surface area contributed by atoms with Crippen molar-refractivity contribution in [2.24, 2.45) is 5.14 Å². The van der Waals surface area contributed by atoms with Crippen LogP contribution in [0.15, 0.2) is 58.3 Å². The Kier molecular flexibility index (Phi) is 6.02. The van der Waals surface area contributed by atoms with Gasteiger partial charge >= 0.3 is 0 Å². The molecule has 0 atom stereocenters. The number of sulfonamides is 3. The zero-order valence-electron chi connectivity index (χ0n) is 15.6. The van der Waals surface area contributed by atoms with E-state index in [0.717, 1.165) is 0 Å². The molecule has 1 saturated heterocycles. The Morgan fingerprint density at radius 3 is 2.00 bits per heavy atom. The van der Waals surface area contributed by atoms with Crippen LogP contribution in [0.2, 0.25) is 0 Å². The second-order valence-corrected chi connectivity index (χ2v) is 11.8. The van der Waals surface area contributed by atoms with E-state index >= 15 is 0 Å². The van der Waals surface area contributed by atoms with E-state index < -0.39 is 36.0 Å². The summed E-state index contributed by atoms with van der Waals surface area (Å²) in [4.78, 5) is 11.7. The van der Waals surface area contributed by atoms with Crippen molar-refractivity contribution in [1.82, 2.24) is 4.72 Å². The van der Waals surface area contributed by atoms with Crippen LogP contribution in [0.25, 0.3) is 0 Å². The second kappa shape index (κ2) is 8.07. The van der Waals surface area contributed by atoms with Crippen molar-refractivity contribution < 1.29 is 30.0 Å². The molecule has 0 spiro atoms. The monoisotopic (exact) mass is 473 g/mol. The summed E-state index contributed by atoms with van der Waals surface area (Å²) in [5.41, 5.74) is 0.796. The van der Waals surface area contributed by atoms with Gasteiger partial charge in [0.15, 0.2) is 0 Å². The fourth-order valence-corrected chi connectivity index (χ4v) is 5.90. The quantitative estimate of drug-likeness (QED) is 0.568. The fraction of sp³-hybridized carbons (Fsp3) is 0.235. The minimum absolute atomic E-state index is 0.0366. The highest BCUT2D eigenvalue weighted by Crippen LogP contribution is 2.26. The average molecular weight is 474 g/mol. The van der Waals surface area contributed by atoms with Crippen LogP contribution in [-0.4, -0.2) is 43.5 Å². The standard InChI is InChI=1S/C17H19N3O7S3/c18-29(24,25)15-5-1-13(2-6-15)9-11-19-30(26,27)16-7-3-14(4-8-16)20-17(21)10-12-28(20,22)23/h1-8,19H,9-12H2,(H2,18,24,25). The van der Waals surface area contributed by atoms with E-state index in [0.29, 0.717) is 16.3 Å². The largest absolute Gasteiger partial charge is 0.273 e. The minimum Gasteiger partial charge on any atom is -0.273 e. The molecule has 1 aliphatic heterocycles. The third-order valence-corrected chi connectivity index (χ3v) is 8.51. The Morgan fingerprint density at radius 2 is 1.50 bits per heavy atom. The zero-order chi connectivity index (χ0) is 22.2. The summed E-state index contributed by atoms with van der Waals surface area (Å²) in [6.07, 6.45) is 0.199. The summed E-state index contributed by atoms with van der Waals surface area (Å²) >= 11 is 0. The predicted molar refractivity (Wildman–Crippen MR) is 109 cm³/mol. The molecule has 1 amide bonds. The molecule has 13 heteroatoms. The van der Waals surface area contributed by atoms with Gasteiger partial charge < -0.3 is 0 Å². The van der Waals surface area contributed by atoms with Gasteiger partial charge in [-0.1, -0.05) is 12.1 Å². The molecule has 1 fully saturated rings. The van der Waals surface area contributed by atoms with Crippen molar-refractivity contribution in [2.45, 2.75) is 22.6 Å². The smallest absolute Gasteiger partial charge is 0.242 e. The first-order chi connectivity index (χ1) is 13.9. The van der Waals surface area contributed by atoms with Crippen molar-refractivity contribution in [1.29, 1.82) is 0 Å². The molecule has 2 aromatic carbocycles. The molecule has 162 valence electrons. The van der Waals surface area contributed by atoms with E-state index in [9.17, 15) is 30.0 Å². The maximum absolute atomic E-state index is 12.4. The number of benzene rings is 2. The van der Waals surface area contributed by atoms with Crippen molar-refractivity contribution in [3.05, 3.63) is 54.1 Å². The molecule has 0 aromatic heterocycles. The molecule has 1 aliphatic rings. The summed E-state index contributed by atoms with van der Waals surface area (Å²) in [6, 6.07) is 10.7. The summed E-state index contributed by atoms with van der Waals surface area (Å²) in [5.74, 6) is -0.830. The molecule has 0 aliphatic carbocycles. The third kappa shape index (κ3) is 4.87. The Balaban J connectivity index is 1.65. The first-order valence-electron chi connectivity index (χ1n) is 8.67. The van der Waals surface area contributed by atoms with Crippen LogP contribution in [0, 0.1) is 0 Å². The molecule has 30 heavy (non-hydrogen) atoms. The SMILES string of the molecule is NS(=O)(=O)c1ccc(CCNS(=O)(=O)c2ccc(N3C(=O)CCS3(=O)=O)cc2)cc1. The number of carbonyl (C=O) groups excluding carboxylic acids is 1. The van der Waals surface area contributed by atoms with Crippen molar-refractivity contribution in [3.63, 3.8) is 0 Å². The zero-order valence-corrected chi connectivity index (χ0v) is 18.0. The molecule has 3 N–H and O–H groups in total. The van der Waals surface area contributed by atoms with Crippen LogP contribution in [0.1, 0.15) is 12.0 Å². The van der Waals surface area contributed by atoms with E-state index in [-0.39, 0.29) is 34.2 Å². The normalized spacial score (nSPS) is 16.7. The molecular weight excluding hydrogens is 454 g/mol. The van der Waals surface area contributed by atoms with Gasteiger partial charge in [0.25, 0.3) is 0 Å². The van der Waals surface area contributed by atoms with Crippen molar-refractivity contribution >= 4 is 41.7 Å². The summed E-state index contributed by atoms with van der Waals surface area (Å²) < 4.78 is 74.3. The molecule has 0 radical (unpaired) electrons. The Labute approximate surface area is 174 Å². The lowest BCUT2D eigenvalue weighted by Gasteiger charge is -2.15. The van der Waals surface area contributed by atoms with Gasteiger partial charge in [0.1, 0.15) is 0 Å². The number of rotatable bonds is 7. The number of nitrogens with one attached hydrogen (secondary N) is 1. The highest BCUT2D eigenvalue weighted by atomic mass is 32.2. The van der Waals surface area contributed by atoms with Crippen molar-refractivity contribution in [2.75, 3.05) is 16.6 Å². The number of hydrogen-bond donors (Lipinski definition) is 2. The molecular formula is C17H19N3O7S3. The van der Waals surface area contributed by atoms with Gasteiger partial charge in [-0.3, -0.25) is 4.79 Å². The Hall–Kier alpha value is -2.32. The first-order valence-corrected chi connectivity index (χ1v) is 13.3. The molecule has 0 unspecified atom stereocenters. The van der Waals surface area contributed by atoms with Gasteiger partial charge in [0.2, 0.25) is 36.0 Å². The summed E-state index contributed by atoms with van der Waals surface area (Å²) in [7, 11) is -11.4. The van der Waals surface area contributed by atoms with E-state index in [2.05, 4.69) is 4.72 Å². The summed E-state index contributed by atoms with van der Waals surface area (Å²) in [5, 5.41) is 5.03. The summed E-state index contributed by atoms with van der Waals surface area (Å²) in [6.45, 7) is 0.0534. The first kappa shape index (κ1) is 22.4. The molecule has 3 rings (SSSR count). The van der Waals surface area contributed by atoms with Gasteiger partial charge in [0.05, 0.1) is 21.2 Å². The molecule has 1 heterocycles. The Morgan fingerprint density at radius 1 is 0.933 bits per heavy atom. The number of hydrogen-bond acceptors (Lipinski definition) is 7. The lowest BCUT2D eigenvalue weighted by atomic mass is 10.2. The number of nitrogens with zero attached hydrogens (tertiary/aromatic N) is 1. The maximum Gasteiger partial charge on any atom is 0.242 e. The molecule has 10 nitrogen and oxygen atoms in total. The second-order valence-electron chi connectivity index (χ2n) is 6.55. The van der Waals surface area contributed by atoms with E-state index in [1.54, 1.807) is 0 Å². The Bertz CT molecular complexity index is 1270. The number of nitrogens with two attached hydrogens (primary N) is 1. The number of primary sulfonamides is 1. The minimum atomic E-state index is -3.86. The van der Waals surface area contributed by atoms with Crippen molar-refractivity contribution in [3.8, 4) is 0 Å². The highest BCUT2D eigenvalue weighted by Gasteiger charge is 2.36. The van der Waals surface area contributed by atoms with Gasteiger partial charge in [0, 0.05) is 13.0 Å². The van der Waals surface area contributed by atoms with Gasteiger partial charge in [-0.15, -0.1) is 0 Å². The van der Waals surface area contributed by atoms with Crippen LogP contribution >= 0.6 is 0 Å². The molecule has 0 saturated carbocycles. The highest BCUT2D eigenvalue weighted by molar-refractivity contribution is 7.94. The van der Waals surface area contributed by atoms with E-state index in [1.165, 1.54) is 48.5 Å². The van der Waals surface area contributed by atoms with E-state index in [4.69, 9.17) is 5.14 Å². The van der Waals surface area contributed by atoms with Gasteiger partial charge in [-0.05, 0) is 48.4 Å². The van der Waals surface area contributed by atoms with Gasteiger partial charge in [-0.25, -0.2) is 39.4 Å². The molecule has 0 bridgehead atoms. The third-order valence-electron chi connectivity index (χ3n) is 4.42. The predicted octanol–water partition coefficient (Wildman–Crippen LogP) is -0.0785. The number of amides is 1. The van der Waals surface area contributed by atoms with Gasteiger partial charge in [-0.2, -0.15) is 0 Å². The lowest BCUT2D eigenvalue weighted by Crippen LogP contribution is -2.29. The fourth-order valence-electron chi connectivity index (χ4n) is 2.89. The number of carbonyl (C=O) groups is 1. The average Bonchev–Trinajstić information content (AvgIpc) is 2.94. The lowest BCUT2D eigenvalue weighted by molar-refractivity contribution is -0.116. The maximum atomic E-state index is 12.4. The van der Waals surface area contributed by atoms with Crippen LogP contribution in [0.5, 0.6) is 0 Å². The van der Waals surface area contributed by atoms with Crippen LogP contribution in [0.4, 0.5) is 5.69 Å².